The molecule has 2 rings (SSSR count). The number of Topliss-reactive ketones (excluding diaryl/α,β-unsaturated/α-hetero) is 1. The summed E-state index contributed by atoms with van der Waals surface area (Å²) in [6.45, 7) is 5.48. The number of aryl methyl sites for hydroxylation is 2. The van der Waals surface area contributed by atoms with Gasteiger partial charge in [0.2, 0.25) is 0 Å². The van der Waals surface area contributed by atoms with Crippen molar-refractivity contribution in [2.45, 2.75) is 20.8 Å². The predicted octanol–water partition coefficient (Wildman–Crippen LogP) is 3.64. The molecule has 0 unspecified atom stereocenters. The van der Waals surface area contributed by atoms with E-state index in [0.29, 0.717) is 10.7 Å². The summed E-state index contributed by atoms with van der Waals surface area (Å²) in [5, 5.41) is 1.74. The highest BCUT2D eigenvalue weighted by Crippen LogP contribution is 2.28. The molecule has 1 N–H and O–H groups in total. The van der Waals surface area contributed by atoms with E-state index in [9.17, 15) is 4.79 Å². The Morgan fingerprint density at radius 2 is 2.00 bits per heavy atom. The summed E-state index contributed by atoms with van der Waals surface area (Å²) in [4.78, 5) is 14.5. The minimum atomic E-state index is 0.0548. The first-order chi connectivity index (χ1) is 7.00. The van der Waals surface area contributed by atoms with Gasteiger partial charge in [0.05, 0.1) is 5.69 Å². The minimum Gasteiger partial charge on any atom is -0.352 e. The largest absolute Gasteiger partial charge is 0.352 e. The van der Waals surface area contributed by atoms with Gasteiger partial charge in [-0.15, -0.1) is 0 Å². The van der Waals surface area contributed by atoms with Crippen LogP contribution in [0.4, 0.5) is 0 Å². The number of fused-ring (bicyclic) bond motifs is 1. The third-order valence-electron chi connectivity index (χ3n) is 2.68. The Morgan fingerprint density at radius 1 is 1.33 bits per heavy atom. The van der Waals surface area contributed by atoms with E-state index in [0.717, 1.165) is 22.0 Å². The Kier molecular flexibility index (Phi) is 2.31. The Hall–Kier alpha value is -1.28. The van der Waals surface area contributed by atoms with Gasteiger partial charge in [-0.05, 0) is 37.1 Å². The molecule has 3 heteroatoms. The maximum atomic E-state index is 11.4. The van der Waals surface area contributed by atoms with Crippen LogP contribution in [-0.4, -0.2) is 10.8 Å². The van der Waals surface area contributed by atoms with Crippen LogP contribution < -0.4 is 0 Å². The van der Waals surface area contributed by atoms with Gasteiger partial charge < -0.3 is 4.98 Å². The van der Waals surface area contributed by atoms with Gasteiger partial charge in [0.1, 0.15) is 0 Å². The van der Waals surface area contributed by atoms with Gasteiger partial charge >= 0.3 is 0 Å². The Bertz CT molecular complexity index is 554. The van der Waals surface area contributed by atoms with Gasteiger partial charge in [-0.2, -0.15) is 0 Å². The van der Waals surface area contributed by atoms with Crippen molar-refractivity contribution in [3.05, 3.63) is 34.0 Å². The molecule has 0 saturated carbocycles. The molecule has 0 saturated heterocycles. The second-order valence-electron chi connectivity index (χ2n) is 3.83. The number of halogens is 1. The van der Waals surface area contributed by atoms with Gasteiger partial charge in [0.15, 0.2) is 5.78 Å². The van der Waals surface area contributed by atoms with Crippen molar-refractivity contribution >= 4 is 28.3 Å². The lowest BCUT2D eigenvalue weighted by atomic mass is 10.1. The van der Waals surface area contributed by atoms with Crippen molar-refractivity contribution in [3.8, 4) is 0 Å². The van der Waals surface area contributed by atoms with Crippen LogP contribution in [0.25, 0.3) is 10.9 Å². The molecule has 0 spiro atoms. The number of aromatic nitrogens is 1. The first-order valence-corrected chi connectivity index (χ1v) is 5.18. The molecule has 0 aliphatic carbocycles. The maximum Gasteiger partial charge on any atom is 0.176 e. The summed E-state index contributed by atoms with van der Waals surface area (Å²) in [6.07, 6.45) is 0. The van der Waals surface area contributed by atoms with Crippen LogP contribution in [0.5, 0.6) is 0 Å². The summed E-state index contributed by atoms with van der Waals surface area (Å²) < 4.78 is 0. The van der Waals surface area contributed by atoms with Crippen molar-refractivity contribution < 1.29 is 4.79 Å². The lowest BCUT2D eigenvalue weighted by Gasteiger charge is -1.97. The second kappa shape index (κ2) is 3.38. The van der Waals surface area contributed by atoms with Crippen LogP contribution in [0.15, 0.2) is 12.1 Å². The number of carbonyl (C=O) groups excluding carboxylic acids is 1. The fraction of sp³-hybridized carbons (Fsp3) is 0.250. The quantitative estimate of drug-likeness (QED) is 0.733. The van der Waals surface area contributed by atoms with E-state index in [2.05, 4.69) is 4.98 Å². The summed E-state index contributed by atoms with van der Waals surface area (Å²) in [5.74, 6) is 0.0548. The molecule has 2 aromatic rings. The molecule has 0 aliphatic rings. The van der Waals surface area contributed by atoms with E-state index in [1.807, 2.05) is 26.0 Å². The molecule has 0 atom stereocenters. The zero-order chi connectivity index (χ0) is 11.2. The van der Waals surface area contributed by atoms with Crippen LogP contribution in [0, 0.1) is 13.8 Å². The standard InChI is InChI=1S/C12H12ClNO/c1-6-4-9(13)5-10-7(2)12(8(3)15)14-11(6)10/h4-5,14H,1-3H3. The molecule has 0 aliphatic heterocycles. The van der Waals surface area contributed by atoms with Crippen molar-refractivity contribution in [2.75, 3.05) is 0 Å². The summed E-state index contributed by atoms with van der Waals surface area (Å²) in [6, 6.07) is 3.78. The van der Waals surface area contributed by atoms with Crippen molar-refractivity contribution in [1.82, 2.24) is 4.98 Å². The van der Waals surface area contributed by atoms with E-state index in [1.54, 1.807) is 6.92 Å². The molecule has 15 heavy (non-hydrogen) atoms. The topological polar surface area (TPSA) is 32.9 Å². The Morgan fingerprint density at radius 3 is 2.60 bits per heavy atom. The average molecular weight is 222 g/mol. The zero-order valence-electron chi connectivity index (χ0n) is 8.94. The third-order valence-corrected chi connectivity index (χ3v) is 2.90. The molecular formula is C12H12ClNO. The number of hydrogen-bond donors (Lipinski definition) is 1. The van der Waals surface area contributed by atoms with E-state index >= 15 is 0 Å². The molecule has 0 amide bonds. The Labute approximate surface area is 93.2 Å². The number of ketones is 1. The summed E-state index contributed by atoms with van der Waals surface area (Å²) >= 11 is 5.99. The number of benzene rings is 1. The van der Waals surface area contributed by atoms with Crippen molar-refractivity contribution in [2.24, 2.45) is 0 Å². The molecule has 0 radical (unpaired) electrons. The van der Waals surface area contributed by atoms with E-state index in [4.69, 9.17) is 11.6 Å². The monoisotopic (exact) mass is 221 g/mol. The second-order valence-corrected chi connectivity index (χ2v) is 4.26. The van der Waals surface area contributed by atoms with Crippen LogP contribution in [0.3, 0.4) is 0 Å². The number of hydrogen-bond acceptors (Lipinski definition) is 1. The Balaban J connectivity index is 2.88. The van der Waals surface area contributed by atoms with Crippen LogP contribution in [-0.2, 0) is 0 Å². The molecular weight excluding hydrogens is 210 g/mol. The highest BCUT2D eigenvalue weighted by molar-refractivity contribution is 6.31. The average Bonchev–Trinajstić information content (AvgIpc) is 2.44. The smallest absolute Gasteiger partial charge is 0.176 e. The lowest BCUT2D eigenvalue weighted by molar-refractivity contribution is 0.101. The zero-order valence-corrected chi connectivity index (χ0v) is 9.70. The summed E-state index contributed by atoms with van der Waals surface area (Å²) in [7, 11) is 0. The molecule has 78 valence electrons. The fourth-order valence-electron chi connectivity index (χ4n) is 1.91. The van der Waals surface area contributed by atoms with Gasteiger partial charge in [0.25, 0.3) is 0 Å². The van der Waals surface area contributed by atoms with Gasteiger partial charge in [-0.1, -0.05) is 11.6 Å². The van der Waals surface area contributed by atoms with E-state index in [-0.39, 0.29) is 5.78 Å². The highest BCUT2D eigenvalue weighted by atomic mass is 35.5. The molecule has 0 fully saturated rings. The first kappa shape index (κ1) is 10.2. The van der Waals surface area contributed by atoms with Crippen molar-refractivity contribution in [3.63, 3.8) is 0 Å². The number of H-pyrrole nitrogens is 1. The summed E-state index contributed by atoms with van der Waals surface area (Å²) in [5.41, 5.74) is 3.72. The lowest BCUT2D eigenvalue weighted by Crippen LogP contribution is -1.93. The molecule has 1 aromatic carbocycles. The number of carbonyl (C=O) groups is 1. The predicted molar refractivity (Wildman–Crippen MR) is 62.8 cm³/mol. The number of nitrogens with one attached hydrogen (secondary N) is 1. The molecule has 1 aromatic heterocycles. The SMILES string of the molecule is CC(=O)c1[nH]c2c(C)cc(Cl)cc2c1C. The number of rotatable bonds is 1. The van der Waals surface area contributed by atoms with Crippen LogP contribution in [0.1, 0.15) is 28.5 Å². The molecule has 2 nitrogen and oxygen atoms in total. The third kappa shape index (κ3) is 1.55. The van der Waals surface area contributed by atoms with Gasteiger partial charge in [-0.25, -0.2) is 0 Å². The van der Waals surface area contributed by atoms with Gasteiger partial charge in [0, 0.05) is 22.8 Å². The van der Waals surface area contributed by atoms with Gasteiger partial charge in [-0.3, -0.25) is 4.79 Å². The molecule has 1 heterocycles. The molecule has 0 bridgehead atoms. The normalized spacial score (nSPS) is 10.9. The van der Waals surface area contributed by atoms with Crippen LogP contribution >= 0.6 is 11.6 Å². The number of aromatic amines is 1. The van der Waals surface area contributed by atoms with E-state index in [1.165, 1.54) is 0 Å². The minimum absolute atomic E-state index is 0.0548. The van der Waals surface area contributed by atoms with E-state index < -0.39 is 0 Å². The highest BCUT2D eigenvalue weighted by Gasteiger charge is 2.12. The fourth-order valence-corrected chi connectivity index (χ4v) is 2.18. The first-order valence-electron chi connectivity index (χ1n) is 4.80. The van der Waals surface area contributed by atoms with Crippen molar-refractivity contribution in [1.29, 1.82) is 0 Å². The van der Waals surface area contributed by atoms with Crippen LogP contribution in [0.2, 0.25) is 5.02 Å². The maximum absolute atomic E-state index is 11.4.